The minimum absolute atomic E-state index is 0.152. The van der Waals surface area contributed by atoms with E-state index in [1.165, 1.54) is 0 Å². The van der Waals surface area contributed by atoms with Crippen molar-refractivity contribution in [2.45, 2.75) is 55.4 Å². The van der Waals surface area contributed by atoms with Crippen LogP contribution in [0, 0.1) is 6.92 Å². The van der Waals surface area contributed by atoms with E-state index in [0.717, 1.165) is 22.3 Å². The minimum atomic E-state index is -3.92. The summed E-state index contributed by atoms with van der Waals surface area (Å²) >= 11 is 0. The second kappa shape index (κ2) is 13.4. The molecule has 4 aromatic carbocycles. The van der Waals surface area contributed by atoms with Gasteiger partial charge in [0.2, 0.25) is 9.84 Å². The molecular formula is C33H34O6S. The van der Waals surface area contributed by atoms with Crippen molar-refractivity contribution >= 4 is 9.84 Å². The molecule has 1 heterocycles. The summed E-state index contributed by atoms with van der Waals surface area (Å²) in [6.45, 7) is 2.95. The van der Waals surface area contributed by atoms with Gasteiger partial charge in [0, 0.05) is 0 Å². The Labute approximate surface area is 236 Å². The van der Waals surface area contributed by atoms with Gasteiger partial charge in [-0.25, -0.2) is 8.42 Å². The van der Waals surface area contributed by atoms with Crippen LogP contribution in [-0.2, 0) is 48.6 Å². The van der Waals surface area contributed by atoms with Crippen molar-refractivity contribution in [3.8, 4) is 0 Å². The zero-order valence-corrected chi connectivity index (χ0v) is 23.3. The monoisotopic (exact) mass is 558 g/mol. The molecule has 4 atom stereocenters. The Morgan fingerprint density at radius 1 is 0.625 bits per heavy atom. The fourth-order valence-electron chi connectivity index (χ4n) is 4.72. The first kappa shape index (κ1) is 28.2. The molecule has 0 aliphatic carbocycles. The molecule has 6 nitrogen and oxygen atoms in total. The van der Waals surface area contributed by atoms with Gasteiger partial charge in [0.05, 0.1) is 31.3 Å². The Bertz CT molecular complexity index is 1430. The first-order valence-corrected chi connectivity index (χ1v) is 14.9. The fraction of sp³-hybridized carbons (Fsp3) is 0.273. The van der Waals surface area contributed by atoms with E-state index in [1.54, 1.807) is 24.3 Å². The van der Waals surface area contributed by atoms with Crippen molar-refractivity contribution in [3.63, 3.8) is 0 Å². The van der Waals surface area contributed by atoms with E-state index in [9.17, 15) is 8.42 Å². The maximum Gasteiger partial charge on any atom is 0.207 e. The zero-order chi connectivity index (χ0) is 27.8. The molecule has 0 amide bonds. The maximum absolute atomic E-state index is 13.9. The second-order valence-corrected chi connectivity index (χ2v) is 12.0. The molecule has 40 heavy (non-hydrogen) atoms. The Balaban J connectivity index is 1.42. The average molecular weight is 559 g/mol. The highest BCUT2D eigenvalue weighted by Gasteiger charge is 2.52. The highest BCUT2D eigenvalue weighted by atomic mass is 32.2. The van der Waals surface area contributed by atoms with Crippen LogP contribution in [-0.4, -0.2) is 38.8 Å². The fourth-order valence-corrected chi connectivity index (χ4v) is 6.37. The van der Waals surface area contributed by atoms with E-state index in [-0.39, 0.29) is 24.7 Å². The summed E-state index contributed by atoms with van der Waals surface area (Å²) in [5.41, 5.74) is 2.63. The molecule has 0 unspecified atom stereocenters. The third-order valence-electron chi connectivity index (χ3n) is 6.89. The number of ether oxygens (including phenoxy) is 4. The van der Waals surface area contributed by atoms with Crippen LogP contribution in [0.1, 0.15) is 22.3 Å². The standard InChI is InChI=1S/C33H34O6S/c1-25-17-19-29(20-18-25)40(34,35)33-32(38-23-28-15-9-4-10-16-28)31(37-22-27-13-7-3-8-14-27)30(39-33)24-36-21-26-11-5-2-6-12-26/h2-20,30-33H,21-24H2,1H3/t30-,31-,32-,33-/m1/s1. The lowest BCUT2D eigenvalue weighted by atomic mass is 10.1. The number of rotatable bonds is 12. The van der Waals surface area contributed by atoms with Gasteiger partial charge >= 0.3 is 0 Å². The number of hydrogen-bond donors (Lipinski definition) is 0. The van der Waals surface area contributed by atoms with Crippen molar-refractivity contribution in [2.24, 2.45) is 0 Å². The third-order valence-corrected chi connectivity index (χ3v) is 8.81. The van der Waals surface area contributed by atoms with E-state index in [1.807, 2.05) is 97.9 Å². The molecule has 1 aliphatic rings. The molecule has 1 aliphatic heterocycles. The largest absolute Gasteiger partial charge is 0.374 e. The van der Waals surface area contributed by atoms with Crippen LogP contribution >= 0.6 is 0 Å². The van der Waals surface area contributed by atoms with Gasteiger partial charge in [-0.15, -0.1) is 0 Å². The lowest BCUT2D eigenvalue weighted by molar-refractivity contribution is -0.0896. The minimum Gasteiger partial charge on any atom is -0.374 e. The lowest BCUT2D eigenvalue weighted by Crippen LogP contribution is -2.41. The summed E-state index contributed by atoms with van der Waals surface area (Å²) in [6.07, 6.45) is -2.20. The normalized spacial score (nSPS) is 20.9. The van der Waals surface area contributed by atoms with Crippen molar-refractivity contribution < 1.29 is 27.4 Å². The van der Waals surface area contributed by atoms with Gasteiger partial charge < -0.3 is 18.9 Å². The molecular weight excluding hydrogens is 524 g/mol. The average Bonchev–Trinajstić information content (AvgIpc) is 3.34. The van der Waals surface area contributed by atoms with E-state index < -0.39 is 33.6 Å². The third kappa shape index (κ3) is 7.05. The summed E-state index contributed by atoms with van der Waals surface area (Å²) in [7, 11) is -3.92. The molecule has 0 spiro atoms. The van der Waals surface area contributed by atoms with Gasteiger partial charge in [0.1, 0.15) is 18.3 Å². The second-order valence-electron chi connectivity index (χ2n) is 9.92. The molecule has 7 heteroatoms. The van der Waals surface area contributed by atoms with E-state index in [4.69, 9.17) is 18.9 Å². The topological polar surface area (TPSA) is 71.1 Å². The molecule has 0 radical (unpaired) electrons. The van der Waals surface area contributed by atoms with Crippen LogP contribution in [0.4, 0.5) is 0 Å². The maximum atomic E-state index is 13.9. The molecule has 4 aromatic rings. The zero-order valence-electron chi connectivity index (χ0n) is 22.5. The number of sulfone groups is 1. The van der Waals surface area contributed by atoms with Crippen molar-refractivity contribution in [1.29, 1.82) is 0 Å². The Morgan fingerprint density at radius 3 is 1.62 bits per heavy atom. The van der Waals surface area contributed by atoms with Crippen molar-refractivity contribution in [2.75, 3.05) is 6.61 Å². The predicted octanol–water partition coefficient (Wildman–Crippen LogP) is 5.88. The summed E-state index contributed by atoms with van der Waals surface area (Å²) < 4.78 is 52.9. The number of benzene rings is 4. The smallest absolute Gasteiger partial charge is 0.207 e. The molecule has 0 aromatic heterocycles. The van der Waals surface area contributed by atoms with Gasteiger partial charge in [0.25, 0.3) is 0 Å². The lowest BCUT2D eigenvalue weighted by Gasteiger charge is -2.25. The SMILES string of the molecule is Cc1ccc(S(=O)(=O)[C@H]2O[C@H](COCc3ccccc3)[C@@H](OCc3ccccc3)[C@H]2OCc2ccccc2)cc1. The predicted molar refractivity (Wildman–Crippen MR) is 153 cm³/mol. The van der Waals surface area contributed by atoms with E-state index >= 15 is 0 Å². The Kier molecular flexibility index (Phi) is 9.41. The molecule has 1 fully saturated rings. The van der Waals surface area contributed by atoms with Crippen molar-refractivity contribution in [1.82, 2.24) is 0 Å². The van der Waals surface area contributed by atoms with Crippen LogP contribution in [0.2, 0.25) is 0 Å². The van der Waals surface area contributed by atoms with Crippen molar-refractivity contribution in [3.05, 3.63) is 138 Å². The highest BCUT2D eigenvalue weighted by molar-refractivity contribution is 7.92. The number of aryl methyl sites for hydroxylation is 1. The first-order chi connectivity index (χ1) is 19.5. The molecule has 5 rings (SSSR count). The van der Waals surface area contributed by atoms with E-state index in [2.05, 4.69) is 0 Å². The van der Waals surface area contributed by atoms with Gasteiger partial charge in [-0.1, -0.05) is 109 Å². The Hall–Kier alpha value is -3.33. The van der Waals surface area contributed by atoms with Crippen LogP contribution in [0.3, 0.4) is 0 Å². The van der Waals surface area contributed by atoms with Crippen LogP contribution in [0.25, 0.3) is 0 Å². The molecule has 0 N–H and O–H groups in total. The van der Waals surface area contributed by atoms with Crippen LogP contribution < -0.4 is 0 Å². The van der Waals surface area contributed by atoms with Crippen LogP contribution in [0.15, 0.2) is 120 Å². The Morgan fingerprint density at radius 2 is 1.10 bits per heavy atom. The van der Waals surface area contributed by atoms with Gasteiger partial charge in [-0.2, -0.15) is 0 Å². The summed E-state index contributed by atoms with van der Waals surface area (Å²) in [5, 5.41) is 0. The highest BCUT2D eigenvalue weighted by Crippen LogP contribution is 2.35. The van der Waals surface area contributed by atoms with Gasteiger partial charge in [-0.05, 0) is 35.7 Å². The molecule has 0 bridgehead atoms. The molecule has 1 saturated heterocycles. The molecule has 0 saturated carbocycles. The first-order valence-electron chi connectivity index (χ1n) is 13.4. The van der Waals surface area contributed by atoms with Crippen LogP contribution in [0.5, 0.6) is 0 Å². The summed E-state index contributed by atoms with van der Waals surface area (Å²) in [4.78, 5) is 0.184. The number of hydrogen-bond acceptors (Lipinski definition) is 6. The quantitative estimate of drug-likeness (QED) is 0.216. The summed E-state index contributed by atoms with van der Waals surface area (Å²) in [5.74, 6) is 0. The van der Waals surface area contributed by atoms with Gasteiger partial charge in [-0.3, -0.25) is 0 Å². The molecule has 208 valence electrons. The van der Waals surface area contributed by atoms with Gasteiger partial charge in [0.15, 0.2) is 5.44 Å². The summed E-state index contributed by atoms with van der Waals surface area (Å²) in [6, 6.07) is 36.0. The van der Waals surface area contributed by atoms with E-state index in [0.29, 0.717) is 6.61 Å².